The molecule has 1 rings (SSSR count). The van der Waals surface area contributed by atoms with Crippen LogP contribution in [0.4, 0.5) is 0 Å². The number of aryl methyl sites for hydroxylation is 2. The lowest BCUT2D eigenvalue weighted by atomic mass is 10.0. The SMILES string of the molecule is Cc1cc(C(=O)N(CC(=O)O)C(C)(C)C)c(C)nn1. The van der Waals surface area contributed by atoms with Crippen LogP contribution in [0.5, 0.6) is 0 Å². The van der Waals surface area contributed by atoms with Crippen LogP contribution in [0.15, 0.2) is 6.07 Å². The molecule has 1 amide bonds. The van der Waals surface area contributed by atoms with E-state index in [1.165, 1.54) is 4.90 Å². The maximum absolute atomic E-state index is 12.5. The van der Waals surface area contributed by atoms with Gasteiger partial charge in [-0.3, -0.25) is 9.59 Å². The zero-order valence-corrected chi connectivity index (χ0v) is 11.9. The first kappa shape index (κ1) is 15.1. The third kappa shape index (κ3) is 3.74. The minimum absolute atomic E-state index is 0.342. The molecular formula is C13H19N3O3. The summed E-state index contributed by atoms with van der Waals surface area (Å²) < 4.78 is 0. The molecule has 1 aromatic heterocycles. The van der Waals surface area contributed by atoms with Gasteiger partial charge in [-0.1, -0.05) is 0 Å². The second kappa shape index (κ2) is 5.34. The average molecular weight is 265 g/mol. The number of aromatic nitrogens is 2. The number of amides is 1. The summed E-state index contributed by atoms with van der Waals surface area (Å²) in [5, 5.41) is 16.7. The fourth-order valence-corrected chi connectivity index (χ4v) is 1.66. The number of carbonyl (C=O) groups is 2. The number of carboxylic acids is 1. The Morgan fingerprint density at radius 2 is 1.84 bits per heavy atom. The molecule has 0 unspecified atom stereocenters. The first-order valence-electron chi connectivity index (χ1n) is 5.97. The molecule has 0 radical (unpaired) electrons. The first-order chi connectivity index (χ1) is 8.62. The van der Waals surface area contributed by atoms with Crippen LogP contribution in [-0.4, -0.2) is 44.2 Å². The van der Waals surface area contributed by atoms with Gasteiger partial charge in [0.25, 0.3) is 5.91 Å². The van der Waals surface area contributed by atoms with Crippen LogP contribution < -0.4 is 0 Å². The summed E-state index contributed by atoms with van der Waals surface area (Å²) in [5.41, 5.74) is 0.927. The van der Waals surface area contributed by atoms with Gasteiger partial charge >= 0.3 is 5.97 Å². The van der Waals surface area contributed by atoms with Gasteiger partial charge in [-0.15, -0.1) is 0 Å². The van der Waals surface area contributed by atoms with Crippen molar-refractivity contribution in [1.82, 2.24) is 15.1 Å². The largest absolute Gasteiger partial charge is 0.480 e. The van der Waals surface area contributed by atoms with E-state index in [9.17, 15) is 9.59 Å². The van der Waals surface area contributed by atoms with Gasteiger partial charge in [-0.05, 0) is 40.7 Å². The van der Waals surface area contributed by atoms with Crippen LogP contribution in [0.1, 0.15) is 42.5 Å². The molecule has 0 bridgehead atoms. The second-order valence-electron chi connectivity index (χ2n) is 5.44. The molecule has 6 heteroatoms. The lowest BCUT2D eigenvalue weighted by Gasteiger charge is -2.34. The Morgan fingerprint density at radius 1 is 1.26 bits per heavy atom. The molecule has 0 atom stereocenters. The van der Waals surface area contributed by atoms with Crippen molar-refractivity contribution < 1.29 is 14.7 Å². The standard InChI is InChI=1S/C13H19N3O3/c1-8-6-10(9(2)15-14-8)12(19)16(7-11(17)18)13(3,4)5/h6H,7H2,1-5H3,(H,17,18). The Labute approximate surface area is 112 Å². The summed E-state index contributed by atoms with van der Waals surface area (Å²) in [6.07, 6.45) is 0. The van der Waals surface area contributed by atoms with Crippen molar-refractivity contribution in [2.45, 2.75) is 40.2 Å². The summed E-state index contributed by atoms with van der Waals surface area (Å²) in [5.74, 6) is -1.38. The maximum Gasteiger partial charge on any atom is 0.323 e. The lowest BCUT2D eigenvalue weighted by molar-refractivity contribution is -0.138. The molecule has 0 aliphatic carbocycles. The molecule has 19 heavy (non-hydrogen) atoms. The number of hydrogen-bond acceptors (Lipinski definition) is 4. The fourth-order valence-electron chi connectivity index (χ4n) is 1.66. The summed E-state index contributed by atoms with van der Waals surface area (Å²) >= 11 is 0. The van der Waals surface area contributed by atoms with Gasteiger partial charge < -0.3 is 10.0 Å². The monoisotopic (exact) mass is 265 g/mol. The van der Waals surface area contributed by atoms with Crippen molar-refractivity contribution in [3.05, 3.63) is 23.0 Å². The van der Waals surface area contributed by atoms with Crippen molar-refractivity contribution in [3.8, 4) is 0 Å². The highest BCUT2D eigenvalue weighted by Crippen LogP contribution is 2.18. The number of aliphatic carboxylic acids is 1. The van der Waals surface area contributed by atoms with Gasteiger partial charge in [0, 0.05) is 5.54 Å². The quantitative estimate of drug-likeness (QED) is 0.893. The van der Waals surface area contributed by atoms with E-state index < -0.39 is 11.5 Å². The van der Waals surface area contributed by atoms with E-state index in [0.29, 0.717) is 17.0 Å². The number of carboxylic acid groups (broad SMARTS) is 1. The minimum Gasteiger partial charge on any atom is -0.480 e. The zero-order chi connectivity index (χ0) is 14.8. The van der Waals surface area contributed by atoms with Gasteiger partial charge in [0.2, 0.25) is 0 Å². The zero-order valence-electron chi connectivity index (χ0n) is 11.9. The smallest absolute Gasteiger partial charge is 0.323 e. The minimum atomic E-state index is -1.04. The van der Waals surface area contributed by atoms with E-state index in [1.807, 2.05) is 0 Å². The molecule has 0 aromatic carbocycles. The highest BCUT2D eigenvalue weighted by molar-refractivity contribution is 5.97. The normalized spacial score (nSPS) is 11.2. The number of carbonyl (C=O) groups excluding carboxylic acids is 1. The molecule has 1 heterocycles. The summed E-state index contributed by atoms with van der Waals surface area (Å²) in [6.45, 7) is 8.46. The Kier molecular flexibility index (Phi) is 4.24. The second-order valence-corrected chi connectivity index (χ2v) is 5.44. The predicted octanol–water partition coefficient (Wildman–Crippen LogP) is 1.42. The van der Waals surface area contributed by atoms with Crippen LogP contribution in [0.3, 0.4) is 0 Å². The van der Waals surface area contributed by atoms with E-state index in [-0.39, 0.29) is 12.5 Å². The Morgan fingerprint density at radius 3 is 2.32 bits per heavy atom. The third-order valence-electron chi connectivity index (χ3n) is 2.68. The molecule has 1 aromatic rings. The predicted molar refractivity (Wildman–Crippen MR) is 69.9 cm³/mol. The third-order valence-corrected chi connectivity index (χ3v) is 2.68. The van der Waals surface area contributed by atoms with Gasteiger partial charge in [-0.25, -0.2) is 0 Å². The summed E-state index contributed by atoms with van der Waals surface area (Å²) in [7, 11) is 0. The van der Waals surface area contributed by atoms with E-state index in [4.69, 9.17) is 5.11 Å². The molecule has 6 nitrogen and oxygen atoms in total. The van der Waals surface area contributed by atoms with Gasteiger partial charge in [0.15, 0.2) is 0 Å². The van der Waals surface area contributed by atoms with Gasteiger partial charge in [0.1, 0.15) is 6.54 Å². The van der Waals surface area contributed by atoms with Crippen molar-refractivity contribution in [2.75, 3.05) is 6.54 Å². The average Bonchev–Trinajstić information content (AvgIpc) is 2.26. The number of nitrogens with zero attached hydrogens (tertiary/aromatic N) is 3. The fraction of sp³-hybridized carbons (Fsp3) is 0.538. The van der Waals surface area contributed by atoms with E-state index in [2.05, 4.69) is 10.2 Å². The number of rotatable bonds is 3. The van der Waals surface area contributed by atoms with Crippen molar-refractivity contribution in [3.63, 3.8) is 0 Å². The summed E-state index contributed by atoms with van der Waals surface area (Å²) in [4.78, 5) is 24.7. The Hall–Kier alpha value is -1.98. The van der Waals surface area contributed by atoms with Crippen molar-refractivity contribution in [2.24, 2.45) is 0 Å². The molecule has 0 fully saturated rings. The number of hydrogen-bond donors (Lipinski definition) is 1. The van der Waals surface area contributed by atoms with Crippen molar-refractivity contribution in [1.29, 1.82) is 0 Å². The van der Waals surface area contributed by atoms with Crippen LogP contribution >= 0.6 is 0 Å². The molecule has 0 saturated carbocycles. The van der Waals surface area contributed by atoms with E-state index in [0.717, 1.165) is 0 Å². The topological polar surface area (TPSA) is 83.4 Å². The molecule has 1 N–H and O–H groups in total. The first-order valence-corrected chi connectivity index (χ1v) is 5.97. The van der Waals surface area contributed by atoms with Crippen LogP contribution in [0.25, 0.3) is 0 Å². The van der Waals surface area contributed by atoms with Crippen LogP contribution in [-0.2, 0) is 4.79 Å². The highest BCUT2D eigenvalue weighted by atomic mass is 16.4. The lowest BCUT2D eigenvalue weighted by Crippen LogP contribution is -2.48. The molecule has 0 aliphatic rings. The molecule has 0 aliphatic heterocycles. The van der Waals surface area contributed by atoms with Gasteiger partial charge in [0.05, 0.1) is 17.0 Å². The summed E-state index contributed by atoms with van der Waals surface area (Å²) in [6, 6.07) is 1.63. The van der Waals surface area contributed by atoms with E-state index in [1.54, 1.807) is 40.7 Å². The molecule has 0 spiro atoms. The van der Waals surface area contributed by atoms with Gasteiger partial charge in [-0.2, -0.15) is 10.2 Å². The highest BCUT2D eigenvalue weighted by Gasteiger charge is 2.30. The van der Waals surface area contributed by atoms with Crippen molar-refractivity contribution >= 4 is 11.9 Å². The molecule has 0 saturated heterocycles. The van der Waals surface area contributed by atoms with Crippen LogP contribution in [0, 0.1) is 13.8 Å². The van der Waals surface area contributed by atoms with E-state index >= 15 is 0 Å². The molecule has 104 valence electrons. The Balaban J connectivity index is 3.19. The Bertz CT molecular complexity index is 506. The maximum atomic E-state index is 12.5. The van der Waals surface area contributed by atoms with Crippen LogP contribution in [0.2, 0.25) is 0 Å². The molecular weight excluding hydrogens is 246 g/mol.